The van der Waals surface area contributed by atoms with E-state index in [0.29, 0.717) is 30.6 Å². The highest BCUT2D eigenvalue weighted by molar-refractivity contribution is 5.69. The number of hydrogen-bond donors (Lipinski definition) is 1. The van der Waals surface area contributed by atoms with Gasteiger partial charge in [-0.05, 0) is 62.1 Å². The molecule has 1 fully saturated rings. The highest BCUT2D eigenvalue weighted by Crippen LogP contribution is 2.37. The van der Waals surface area contributed by atoms with Crippen LogP contribution in [0.15, 0.2) is 24.3 Å². The topological polar surface area (TPSA) is 46.5 Å². The van der Waals surface area contributed by atoms with Crippen LogP contribution in [-0.2, 0) is 9.53 Å². The fourth-order valence-corrected chi connectivity index (χ4v) is 2.90. The van der Waals surface area contributed by atoms with E-state index < -0.39 is 0 Å². The minimum Gasteiger partial charge on any atom is -0.508 e. The van der Waals surface area contributed by atoms with Crippen LogP contribution in [0, 0.1) is 5.92 Å². The van der Waals surface area contributed by atoms with Crippen molar-refractivity contribution in [2.45, 2.75) is 44.9 Å². The van der Waals surface area contributed by atoms with Crippen LogP contribution in [0.2, 0.25) is 0 Å². The van der Waals surface area contributed by atoms with Crippen molar-refractivity contribution < 1.29 is 14.6 Å². The summed E-state index contributed by atoms with van der Waals surface area (Å²) in [5.74, 6) is 1.31. The van der Waals surface area contributed by atoms with Gasteiger partial charge in [-0.3, -0.25) is 4.79 Å². The number of carbonyl (C=O) groups excluding carboxylic acids is 1. The number of benzene rings is 1. The first-order chi connectivity index (χ1) is 9.19. The molecule has 1 aliphatic rings. The van der Waals surface area contributed by atoms with Gasteiger partial charge in [0.1, 0.15) is 5.75 Å². The van der Waals surface area contributed by atoms with Gasteiger partial charge in [0.2, 0.25) is 0 Å². The minimum absolute atomic E-state index is 0.0596. The summed E-state index contributed by atoms with van der Waals surface area (Å²) in [5, 5.41) is 9.30. The van der Waals surface area contributed by atoms with Crippen molar-refractivity contribution >= 4 is 5.97 Å². The van der Waals surface area contributed by atoms with Crippen molar-refractivity contribution in [1.82, 2.24) is 0 Å². The van der Waals surface area contributed by atoms with Gasteiger partial charge >= 0.3 is 5.97 Å². The Balaban J connectivity index is 1.82. The summed E-state index contributed by atoms with van der Waals surface area (Å²) >= 11 is 0. The van der Waals surface area contributed by atoms with Crippen molar-refractivity contribution in [2.24, 2.45) is 5.92 Å². The average Bonchev–Trinajstić information content (AvgIpc) is 2.41. The highest BCUT2D eigenvalue weighted by atomic mass is 16.5. The van der Waals surface area contributed by atoms with E-state index in [-0.39, 0.29) is 5.97 Å². The van der Waals surface area contributed by atoms with Crippen LogP contribution >= 0.6 is 0 Å². The lowest BCUT2D eigenvalue weighted by molar-refractivity contribution is -0.144. The third kappa shape index (κ3) is 3.98. The van der Waals surface area contributed by atoms with E-state index in [1.54, 1.807) is 12.1 Å². The summed E-state index contributed by atoms with van der Waals surface area (Å²) in [5.41, 5.74) is 1.30. The molecule has 1 aromatic carbocycles. The molecule has 1 saturated carbocycles. The van der Waals surface area contributed by atoms with Gasteiger partial charge in [0.15, 0.2) is 0 Å². The molecule has 104 valence electrons. The van der Waals surface area contributed by atoms with E-state index in [1.807, 2.05) is 19.1 Å². The van der Waals surface area contributed by atoms with Crippen LogP contribution < -0.4 is 0 Å². The van der Waals surface area contributed by atoms with E-state index in [4.69, 9.17) is 4.74 Å². The van der Waals surface area contributed by atoms with Crippen molar-refractivity contribution in [2.75, 3.05) is 6.61 Å². The first-order valence-corrected chi connectivity index (χ1v) is 7.13. The van der Waals surface area contributed by atoms with E-state index >= 15 is 0 Å². The predicted octanol–water partition coefficient (Wildman–Crippen LogP) is 3.62. The van der Waals surface area contributed by atoms with Gasteiger partial charge in [0, 0.05) is 6.42 Å². The number of aromatic hydroxyl groups is 1. The van der Waals surface area contributed by atoms with Crippen LogP contribution in [0.5, 0.6) is 5.75 Å². The van der Waals surface area contributed by atoms with Crippen molar-refractivity contribution in [3.8, 4) is 5.75 Å². The maximum atomic E-state index is 11.5. The minimum atomic E-state index is -0.0596. The van der Waals surface area contributed by atoms with E-state index in [2.05, 4.69) is 0 Å². The Labute approximate surface area is 114 Å². The first-order valence-electron chi connectivity index (χ1n) is 7.13. The number of phenolic OH excluding ortho intramolecular Hbond substituents is 1. The Morgan fingerprint density at radius 2 is 1.84 bits per heavy atom. The molecule has 2 rings (SSSR count). The number of esters is 1. The fourth-order valence-electron chi connectivity index (χ4n) is 2.90. The van der Waals surface area contributed by atoms with Gasteiger partial charge in [-0.25, -0.2) is 0 Å². The third-order valence-electron chi connectivity index (χ3n) is 3.97. The smallest absolute Gasteiger partial charge is 0.306 e. The van der Waals surface area contributed by atoms with Crippen molar-refractivity contribution in [1.29, 1.82) is 0 Å². The maximum absolute atomic E-state index is 11.5. The summed E-state index contributed by atoms with van der Waals surface area (Å²) in [4.78, 5) is 11.5. The van der Waals surface area contributed by atoms with E-state index in [1.165, 1.54) is 5.56 Å². The number of carbonyl (C=O) groups is 1. The molecule has 0 unspecified atom stereocenters. The Morgan fingerprint density at radius 1 is 1.21 bits per heavy atom. The predicted molar refractivity (Wildman–Crippen MR) is 74.1 cm³/mol. The average molecular weight is 262 g/mol. The molecule has 1 aromatic rings. The second-order valence-corrected chi connectivity index (χ2v) is 5.32. The second kappa shape index (κ2) is 6.60. The molecule has 0 amide bonds. The van der Waals surface area contributed by atoms with Gasteiger partial charge in [0.25, 0.3) is 0 Å². The molecule has 0 atom stereocenters. The van der Waals surface area contributed by atoms with Crippen LogP contribution in [0.25, 0.3) is 0 Å². The fraction of sp³-hybridized carbons (Fsp3) is 0.562. The lowest BCUT2D eigenvalue weighted by Crippen LogP contribution is -2.17. The van der Waals surface area contributed by atoms with Gasteiger partial charge in [-0.1, -0.05) is 12.1 Å². The monoisotopic (exact) mass is 262 g/mol. The van der Waals surface area contributed by atoms with E-state index in [0.717, 1.165) is 25.7 Å². The zero-order chi connectivity index (χ0) is 13.7. The summed E-state index contributed by atoms with van der Waals surface area (Å²) in [6.07, 6.45) is 4.98. The zero-order valence-corrected chi connectivity index (χ0v) is 11.5. The molecule has 1 N–H and O–H groups in total. The molecule has 3 nitrogen and oxygen atoms in total. The van der Waals surface area contributed by atoms with Crippen molar-refractivity contribution in [3.05, 3.63) is 29.8 Å². The molecule has 0 saturated heterocycles. The molecule has 0 radical (unpaired) electrons. The molecule has 0 aliphatic heterocycles. The molecular weight excluding hydrogens is 240 g/mol. The lowest BCUT2D eigenvalue weighted by Gasteiger charge is -2.28. The molecule has 19 heavy (non-hydrogen) atoms. The molecule has 0 spiro atoms. The largest absolute Gasteiger partial charge is 0.508 e. The highest BCUT2D eigenvalue weighted by Gasteiger charge is 2.24. The van der Waals surface area contributed by atoms with Crippen LogP contribution in [0.3, 0.4) is 0 Å². The Kier molecular flexibility index (Phi) is 4.83. The zero-order valence-electron chi connectivity index (χ0n) is 11.5. The third-order valence-corrected chi connectivity index (χ3v) is 3.97. The van der Waals surface area contributed by atoms with Gasteiger partial charge in [-0.2, -0.15) is 0 Å². The molecule has 0 heterocycles. The lowest BCUT2D eigenvalue weighted by atomic mass is 9.77. The molecular formula is C16H22O3. The summed E-state index contributed by atoms with van der Waals surface area (Å²) in [7, 11) is 0. The molecule has 0 aromatic heterocycles. The Bertz CT molecular complexity index is 403. The molecule has 0 bridgehead atoms. The number of hydrogen-bond acceptors (Lipinski definition) is 3. The summed E-state index contributed by atoms with van der Waals surface area (Å²) in [6, 6.07) is 7.51. The Morgan fingerprint density at radius 3 is 2.42 bits per heavy atom. The summed E-state index contributed by atoms with van der Waals surface area (Å²) in [6.45, 7) is 2.32. The molecule has 3 heteroatoms. The molecule has 1 aliphatic carbocycles. The van der Waals surface area contributed by atoms with Gasteiger partial charge in [-0.15, -0.1) is 0 Å². The normalized spacial score (nSPS) is 23.0. The second-order valence-electron chi connectivity index (χ2n) is 5.32. The van der Waals surface area contributed by atoms with Crippen LogP contribution in [-0.4, -0.2) is 17.7 Å². The van der Waals surface area contributed by atoms with Gasteiger partial charge in [0.05, 0.1) is 6.61 Å². The number of ether oxygens (including phenoxy) is 1. The van der Waals surface area contributed by atoms with Crippen LogP contribution in [0.4, 0.5) is 0 Å². The first kappa shape index (κ1) is 13.9. The van der Waals surface area contributed by atoms with Gasteiger partial charge < -0.3 is 9.84 Å². The number of phenols is 1. The van der Waals surface area contributed by atoms with Crippen molar-refractivity contribution in [3.63, 3.8) is 0 Å². The standard InChI is InChI=1S/C16H22O3/c1-2-19-16(18)11-12-3-5-13(6-4-12)14-7-9-15(17)10-8-14/h7-10,12-13,17H,2-6,11H2,1H3/t12-,13+. The van der Waals surface area contributed by atoms with Crippen LogP contribution in [0.1, 0.15) is 50.5 Å². The quantitative estimate of drug-likeness (QED) is 0.843. The van der Waals surface area contributed by atoms with E-state index in [9.17, 15) is 9.90 Å². The summed E-state index contributed by atoms with van der Waals surface area (Å²) < 4.78 is 5.00. The Hall–Kier alpha value is -1.51. The number of rotatable bonds is 4. The SMILES string of the molecule is CCOC(=O)C[C@H]1CC[C@@H](c2ccc(O)cc2)CC1. The maximum Gasteiger partial charge on any atom is 0.306 e.